The molecule has 0 saturated heterocycles. The maximum atomic E-state index is 12.7. The van der Waals surface area contributed by atoms with E-state index in [9.17, 15) is 18.3 Å². The van der Waals surface area contributed by atoms with Crippen molar-refractivity contribution in [3.8, 4) is 5.75 Å². The summed E-state index contributed by atoms with van der Waals surface area (Å²) < 4.78 is 33.6. The van der Waals surface area contributed by atoms with Crippen LogP contribution in [0.5, 0.6) is 5.75 Å². The molecule has 1 unspecified atom stereocenters. The number of hydrogen-bond donors (Lipinski definition) is 2. The quantitative estimate of drug-likeness (QED) is 0.625. The lowest BCUT2D eigenvalue weighted by Gasteiger charge is -2.19. The topological polar surface area (TPSA) is 92.7 Å². The Balaban J connectivity index is 2.23. The Morgan fingerprint density at radius 1 is 1.14 bits per heavy atom. The Morgan fingerprint density at radius 2 is 1.82 bits per heavy atom. The van der Waals surface area contributed by atoms with Crippen LogP contribution < -0.4 is 9.46 Å². The Labute approximate surface area is 166 Å². The van der Waals surface area contributed by atoms with Gasteiger partial charge in [-0.3, -0.25) is 4.79 Å². The second kappa shape index (κ2) is 9.71. The smallest absolute Gasteiger partial charge is 0.305 e. The molecule has 0 bridgehead atoms. The number of hydrogen-bond acceptors (Lipinski definition) is 4. The molecule has 6 nitrogen and oxygen atoms in total. The minimum absolute atomic E-state index is 0.0952. The lowest BCUT2D eigenvalue weighted by Crippen LogP contribution is -2.30. The maximum absolute atomic E-state index is 12.7. The molecule has 0 spiro atoms. The molecule has 1 atom stereocenters. The number of sulfonamides is 1. The van der Waals surface area contributed by atoms with Crippen molar-refractivity contribution in [3.05, 3.63) is 59.7 Å². The molecule has 0 aromatic heterocycles. The first-order valence-electron chi connectivity index (χ1n) is 9.21. The highest BCUT2D eigenvalue weighted by atomic mass is 32.2. The van der Waals surface area contributed by atoms with E-state index in [-0.39, 0.29) is 11.3 Å². The van der Waals surface area contributed by atoms with E-state index in [0.29, 0.717) is 23.8 Å². The van der Waals surface area contributed by atoms with Crippen LogP contribution in [-0.4, -0.2) is 26.1 Å². The van der Waals surface area contributed by atoms with Crippen molar-refractivity contribution < 1.29 is 23.1 Å². The Hall–Kier alpha value is -2.38. The monoisotopic (exact) mass is 405 g/mol. The number of aliphatic carboxylic acids is 1. The molecule has 152 valence electrons. The molecule has 2 aromatic carbocycles. The number of nitrogens with one attached hydrogen (secondary N) is 1. The van der Waals surface area contributed by atoms with Crippen LogP contribution in [0.3, 0.4) is 0 Å². The third-order valence-corrected chi connectivity index (χ3v) is 5.72. The van der Waals surface area contributed by atoms with Crippen LogP contribution in [0.2, 0.25) is 0 Å². The Morgan fingerprint density at radius 3 is 2.43 bits per heavy atom. The predicted molar refractivity (Wildman–Crippen MR) is 108 cm³/mol. The average Bonchev–Trinajstić information content (AvgIpc) is 2.61. The van der Waals surface area contributed by atoms with E-state index in [4.69, 9.17) is 4.74 Å². The fraction of sp³-hybridized carbons (Fsp3) is 0.381. The zero-order valence-electron chi connectivity index (χ0n) is 16.4. The van der Waals surface area contributed by atoms with Crippen LogP contribution in [0.25, 0.3) is 0 Å². The summed E-state index contributed by atoms with van der Waals surface area (Å²) in [5.41, 5.74) is 1.48. The second-order valence-electron chi connectivity index (χ2n) is 7.19. The molecule has 0 aliphatic rings. The first kappa shape index (κ1) is 21.9. The summed E-state index contributed by atoms with van der Waals surface area (Å²) in [7, 11) is -3.87. The number of benzene rings is 2. The number of carboxylic acids is 1. The van der Waals surface area contributed by atoms with Crippen molar-refractivity contribution in [2.45, 2.75) is 44.6 Å². The van der Waals surface area contributed by atoms with Gasteiger partial charge in [0.2, 0.25) is 10.0 Å². The van der Waals surface area contributed by atoms with Crippen LogP contribution in [0.1, 0.15) is 43.9 Å². The standard InChI is InChI=1S/C21H27NO5S/c1-15(2)11-12-27-18-6-4-5-17(13-18)20(14-21(23)24)22-28(25,26)19-9-7-16(3)8-10-19/h4-10,13,15,20,22H,11-12,14H2,1-3H3,(H,23,24). The van der Waals surface area contributed by atoms with Crippen LogP contribution in [0.15, 0.2) is 53.4 Å². The summed E-state index contributed by atoms with van der Waals surface area (Å²) in [6, 6.07) is 12.4. The fourth-order valence-electron chi connectivity index (χ4n) is 2.61. The molecule has 0 amide bonds. The van der Waals surface area contributed by atoms with Crippen molar-refractivity contribution in [2.24, 2.45) is 5.92 Å². The van der Waals surface area contributed by atoms with Crippen molar-refractivity contribution >= 4 is 16.0 Å². The van der Waals surface area contributed by atoms with Crippen LogP contribution in [0.4, 0.5) is 0 Å². The van der Waals surface area contributed by atoms with E-state index >= 15 is 0 Å². The van der Waals surface area contributed by atoms with E-state index in [1.165, 1.54) is 12.1 Å². The molecule has 2 rings (SSSR count). The molecule has 2 aromatic rings. The van der Waals surface area contributed by atoms with Gasteiger partial charge in [-0.1, -0.05) is 43.7 Å². The largest absolute Gasteiger partial charge is 0.494 e. The van der Waals surface area contributed by atoms with Gasteiger partial charge in [-0.2, -0.15) is 0 Å². The Kier molecular flexibility index (Phi) is 7.60. The van der Waals surface area contributed by atoms with E-state index in [0.717, 1.165) is 12.0 Å². The fourth-order valence-corrected chi connectivity index (χ4v) is 3.83. The summed E-state index contributed by atoms with van der Waals surface area (Å²) in [4.78, 5) is 11.4. The van der Waals surface area contributed by atoms with Gasteiger partial charge in [0.05, 0.1) is 24.0 Å². The van der Waals surface area contributed by atoms with Crippen molar-refractivity contribution in [2.75, 3.05) is 6.61 Å². The van der Waals surface area contributed by atoms with Crippen LogP contribution in [-0.2, 0) is 14.8 Å². The third kappa shape index (κ3) is 6.65. The Bertz CT molecular complexity index is 891. The predicted octanol–water partition coefficient (Wildman–Crippen LogP) is 3.91. The SMILES string of the molecule is Cc1ccc(S(=O)(=O)NC(CC(=O)O)c2cccc(OCCC(C)C)c2)cc1. The van der Waals surface area contributed by atoms with Crippen molar-refractivity contribution in [1.82, 2.24) is 4.72 Å². The number of aryl methyl sites for hydroxylation is 1. The lowest BCUT2D eigenvalue weighted by molar-refractivity contribution is -0.137. The number of ether oxygens (including phenoxy) is 1. The minimum atomic E-state index is -3.87. The molecule has 0 saturated carbocycles. The maximum Gasteiger partial charge on any atom is 0.305 e. The van der Waals surface area contributed by atoms with Crippen LogP contribution in [0, 0.1) is 12.8 Å². The molecule has 0 fully saturated rings. The number of carbonyl (C=O) groups is 1. The highest BCUT2D eigenvalue weighted by molar-refractivity contribution is 7.89. The molecule has 0 aliphatic heterocycles. The van der Waals surface area contributed by atoms with Crippen molar-refractivity contribution in [1.29, 1.82) is 0 Å². The number of carboxylic acid groups (broad SMARTS) is 1. The normalized spacial score (nSPS) is 12.7. The lowest BCUT2D eigenvalue weighted by atomic mass is 10.0. The summed E-state index contributed by atoms with van der Waals surface area (Å²) >= 11 is 0. The molecule has 0 heterocycles. The van der Waals surface area contributed by atoms with E-state index in [1.54, 1.807) is 36.4 Å². The van der Waals surface area contributed by atoms with E-state index < -0.39 is 22.0 Å². The second-order valence-corrected chi connectivity index (χ2v) is 8.90. The minimum Gasteiger partial charge on any atom is -0.494 e. The van der Waals surface area contributed by atoms with Gasteiger partial charge in [0.1, 0.15) is 5.75 Å². The van der Waals surface area contributed by atoms with Crippen LogP contribution >= 0.6 is 0 Å². The molecule has 7 heteroatoms. The molecular weight excluding hydrogens is 378 g/mol. The van der Waals surface area contributed by atoms with Gasteiger partial charge in [-0.05, 0) is 49.1 Å². The van der Waals surface area contributed by atoms with Crippen molar-refractivity contribution in [3.63, 3.8) is 0 Å². The summed E-state index contributed by atoms with van der Waals surface area (Å²) in [6.07, 6.45) is 0.517. The van der Waals surface area contributed by atoms with Gasteiger partial charge in [-0.25, -0.2) is 13.1 Å². The van der Waals surface area contributed by atoms with E-state index in [1.807, 2.05) is 6.92 Å². The highest BCUT2D eigenvalue weighted by Gasteiger charge is 2.24. The third-order valence-electron chi connectivity index (χ3n) is 4.23. The summed E-state index contributed by atoms with van der Waals surface area (Å²) in [6.45, 7) is 6.60. The summed E-state index contributed by atoms with van der Waals surface area (Å²) in [5, 5.41) is 9.25. The van der Waals surface area contributed by atoms with E-state index in [2.05, 4.69) is 18.6 Å². The average molecular weight is 406 g/mol. The molecule has 2 N–H and O–H groups in total. The molecule has 0 aliphatic carbocycles. The van der Waals surface area contributed by atoms with Gasteiger partial charge in [0.25, 0.3) is 0 Å². The first-order valence-corrected chi connectivity index (χ1v) is 10.7. The number of rotatable bonds is 10. The zero-order valence-corrected chi connectivity index (χ0v) is 17.2. The highest BCUT2D eigenvalue weighted by Crippen LogP contribution is 2.24. The van der Waals surface area contributed by atoms with Gasteiger partial charge >= 0.3 is 5.97 Å². The zero-order chi connectivity index (χ0) is 20.7. The van der Waals surface area contributed by atoms with Gasteiger partial charge < -0.3 is 9.84 Å². The van der Waals surface area contributed by atoms with Gasteiger partial charge in [-0.15, -0.1) is 0 Å². The van der Waals surface area contributed by atoms with Gasteiger partial charge in [0.15, 0.2) is 0 Å². The molecular formula is C21H27NO5S. The van der Waals surface area contributed by atoms with Gasteiger partial charge in [0, 0.05) is 0 Å². The summed E-state index contributed by atoms with van der Waals surface area (Å²) in [5.74, 6) is -0.00457. The first-order chi connectivity index (χ1) is 13.2. The molecule has 28 heavy (non-hydrogen) atoms. The molecule has 0 radical (unpaired) electrons.